The molecule has 0 unspecified atom stereocenters. The summed E-state index contributed by atoms with van der Waals surface area (Å²) in [4.78, 5) is 0. The molecule has 2 N–H and O–H groups in total. The molecule has 0 aliphatic carbocycles. The van der Waals surface area contributed by atoms with Crippen molar-refractivity contribution in [3.8, 4) is 0 Å². The molecule has 0 aliphatic heterocycles. The van der Waals surface area contributed by atoms with Crippen molar-refractivity contribution in [2.24, 2.45) is 0 Å². The fourth-order valence-electron chi connectivity index (χ4n) is 1.78. The Morgan fingerprint density at radius 1 is 1.10 bits per heavy atom. The largest absolute Gasteiger partial charge is 0.362 e. The van der Waals surface area contributed by atoms with Crippen LogP contribution in [0.2, 0.25) is 0 Å². The van der Waals surface area contributed by atoms with E-state index < -0.39 is 0 Å². The van der Waals surface area contributed by atoms with E-state index in [-0.39, 0.29) is 0 Å². The first kappa shape index (κ1) is 17.3. The molecular formula is C16H26N2S2. The first-order chi connectivity index (χ1) is 9.19. The summed E-state index contributed by atoms with van der Waals surface area (Å²) >= 11 is 7.29. The number of rotatable bonds is 4. The van der Waals surface area contributed by atoms with E-state index in [4.69, 9.17) is 12.2 Å². The van der Waals surface area contributed by atoms with Gasteiger partial charge in [-0.1, -0.05) is 26.8 Å². The minimum Gasteiger partial charge on any atom is -0.362 e. The maximum atomic E-state index is 5.35. The second kappa shape index (κ2) is 7.32. The standard InChI is InChI=1S/C16H26N2S2/c1-11-9-13(3)14(10-12(11)2)18-15(19)17-7-8-20-16(4,5)6/h9-10H,7-8H2,1-6H3,(H2,17,18,19). The van der Waals surface area contributed by atoms with Crippen LogP contribution in [0.5, 0.6) is 0 Å². The molecule has 112 valence electrons. The first-order valence-electron chi connectivity index (χ1n) is 6.96. The summed E-state index contributed by atoms with van der Waals surface area (Å²) in [7, 11) is 0. The second-order valence-corrected chi connectivity index (χ2v) is 8.42. The topological polar surface area (TPSA) is 24.1 Å². The number of thioether (sulfide) groups is 1. The highest BCUT2D eigenvalue weighted by atomic mass is 32.2. The molecule has 0 saturated heterocycles. The fraction of sp³-hybridized carbons (Fsp3) is 0.562. The van der Waals surface area contributed by atoms with E-state index in [2.05, 4.69) is 64.3 Å². The van der Waals surface area contributed by atoms with Crippen LogP contribution in [0, 0.1) is 20.8 Å². The zero-order valence-corrected chi connectivity index (χ0v) is 15.0. The van der Waals surface area contributed by atoms with Gasteiger partial charge in [0.15, 0.2) is 5.11 Å². The van der Waals surface area contributed by atoms with Gasteiger partial charge in [0.05, 0.1) is 0 Å². The van der Waals surface area contributed by atoms with Crippen LogP contribution in [0.25, 0.3) is 0 Å². The van der Waals surface area contributed by atoms with Crippen LogP contribution in [0.3, 0.4) is 0 Å². The Kier molecular flexibility index (Phi) is 6.34. The van der Waals surface area contributed by atoms with E-state index in [1.54, 1.807) is 0 Å². The van der Waals surface area contributed by atoms with Gasteiger partial charge >= 0.3 is 0 Å². The molecule has 0 fully saturated rings. The normalized spacial score (nSPS) is 11.3. The van der Waals surface area contributed by atoms with E-state index in [0.717, 1.165) is 18.0 Å². The fourth-order valence-corrected chi connectivity index (χ4v) is 2.81. The molecule has 1 aromatic carbocycles. The van der Waals surface area contributed by atoms with Gasteiger partial charge in [-0.2, -0.15) is 11.8 Å². The van der Waals surface area contributed by atoms with Crippen molar-refractivity contribution in [3.63, 3.8) is 0 Å². The average Bonchev–Trinajstić information content (AvgIpc) is 2.30. The van der Waals surface area contributed by atoms with Gasteiger partial charge in [-0.15, -0.1) is 0 Å². The predicted molar refractivity (Wildman–Crippen MR) is 97.1 cm³/mol. The van der Waals surface area contributed by atoms with Crippen molar-refractivity contribution in [3.05, 3.63) is 28.8 Å². The van der Waals surface area contributed by atoms with Gasteiger partial charge in [-0.25, -0.2) is 0 Å². The summed E-state index contributed by atoms with van der Waals surface area (Å²) < 4.78 is 0.307. The Bertz CT molecular complexity index is 476. The van der Waals surface area contributed by atoms with Crippen LogP contribution < -0.4 is 10.6 Å². The molecule has 0 aromatic heterocycles. The average molecular weight is 311 g/mol. The van der Waals surface area contributed by atoms with Gasteiger partial charge in [-0.3, -0.25) is 0 Å². The monoisotopic (exact) mass is 310 g/mol. The number of benzene rings is 1. The van der Waals surface area contributed by atoms with Gasteiger partial charge in [-0.05, 0) is 55.7 Å². The molecular weight excluding hydrogens is 284 g/mol. The van der Waals surface area contributed by atoms with Crippen LogP contribution in [0.4, 0.5) is 5.69 Å². The van der Waals surface area contributed by atoms with E-state index in [0.29, 0.717) is 9.86 Å². The van der Waals surface area contributed by atoms with Gasteiger partial charge < -0.3 is 10.6 Å². The van der Waals surface area contributed by atoms with E-state index in [9.17, 15) is 0 Å². The van der Waals surface area contributed by atoms with Crippen molar-refractivity contribution in [1.82, 2.24) is 5.32 Å². The summed E-state index contributed by atoms with van der Waals surface area (Å²) in [5.74, 6) is 1.05. The van der Waals surface area contributed by atoms with Crippen LogP contribution in [-0.4, -0.2) is 22.2 Å². The zero-order valence-electron chi connectivity index (χ0n) is 13.4. The molecule has 2 nitrogen and oxygen atoms in total. The molecule has 4 heteroatoms. The molecule has 0 amide bonds. The predicted octanol–water partition coefficient (Wildman–Crippen LogP) is 4.43. The maximum absolute atomic E-state index is 5.35. The van der Waals surface area contributed by atoms with Crippen molar-refractivity contribution < 1.29 is 0 Å². The number of thiocarbonyl (C=S) groups is 1. The molecule has 0 spiro atoms. The zero-order chi connectivity index (χ0) is 15.3. The van der Waals surface area contributed by atoms with Gasteiger partial charge in [0.2, 0.25) is 0 Å². The molecule has 20 heavy (non-hydrogen) atoms. The lowest BCUT2D eigenvalue weighted by atomic mass is 10.1. The van der Waals surface area contributed by atoms with Crippen LogP contribution in [0.15, 0.2) is 12.1 Å². The van der Waals surface area contributed by atoms with E-state index >= 15 is 0 Å². The Morgan fingerprint density at radius 2 is 1.70 bits per heavy atom. The highest BCUT2D eigenvalue weighted by molar-refractivity contribution is 8.00. The van der Waals surface area contributed by atoms with Crippen LogP contribution in [-0.2, 0) is 0 Å². The first-order valence-corrected chi connectivity index (χ1v) is 8.35. The van der Waals surface area contributed by atoms with Crippen molar-refractivity contribution >= 4 is 34.8 Å². The van der Waals surface area contributed by atoms with Crippen LogP contribution in [0.1, 0.15) is 37.5 Å². The van der Waals surface area contributed by atoms with Crippen LogP contribution >= 0.6 is 24.0 Å². The molecule has 0 radical (unpaired) electrons. The minimum absolute atomic E-state index is 0.307. The van der Waals surface area contributed by atoms with E-state index in [1.165, 1.54) is 16.7 Å². The Labute approximate surface area is 133 Å². The van der Waals surface area contributed by atoms with E-state index in [1.807, 2.05) is 11.8 Å². The lowest BCUT2D eigenvalue weighted by Gasteiger charge is -2.18. The number of nitrogens with one attached hydrogen (secondary N) is 2. The van der Waals surface area contributed by atoms with Crippen molar-refractivity contribution in [2.75, 3.05) is 17.6 Å². The number of aryl methyl sites for hydroxylation is 3. The van der Waals surface area contributed by atoms with Gasteiger partial charge in [0.1, 0.15) is 0 Å². The lowest BCUT2D eigenvalue weighted by Crippen LogP contribution is -2.31. The third-order valence-corrected chi connectivity index (χ3v) is 4.53. The molecule has 0 saturated carbocycles. The second-order valence-electron chi connectivity index (χ2n) is 6.09. The Morgan fingerprint density at radius 3 is 2.30 bits per heavy atom. The quantitative estimate of drug-likeness (QED) is 0.634. The third kappa shape index (κ3) is 6.14. The SMILES string of the molecule is Cc1cc(C)c(NC(=S)NCCSC(C)(C)C)cc1C. The number of hydrogen-bond acceptors (Lipinski definition) is 2. The third-order valence-electron chi connectivity index (χ3n) is 3.01. The van der Waals surface area contributed by atoms with Crippen molar-refractivity contribution in [1.29, 1.82) is 0 Å². The maximum Gasteiger partial charge on any atom is 0.170 e. The minimum atomic E-state index is 0.307. The van der Waals surface area contributed by atoms with Crippen molar-refractivity contribution in [2.45, 2.75) is 46.3 Å². The summed E-state index contributed by atoms with van der Waals surface area (Å²) in [6.45, 7) is 13.9. The summed E-state index contributed by atoms with van der Waals surface area (Å²) in [5, 5.41) is 7.25. The summed E-state index contributed by atoms with van der Waals surface area (Å²) in [6.07, 6.45) is 0. The molecule has 0 atom stereocenters. The molecule has 0 heterocycles. The van der Waals surface area contributed by atoms with Gasteiger partial charge in [0, 0.05) is 22.7 Å². The highest BCUT2D eigenvalue weighted by Gasteiger charge is 2.09. The molecule has 0 aliphatic rings. The molecule has 0 bridgehead atoms. The smallest absolute Gasteiger partial charge is 0.170 e. The number of anilines is 1. The summed E-state index contributed by atoms with van der Waals surface area (Å²) in [6, 6.07) is 4.35. The molecule has 1 aromatic rings. The Hall–Kier alpha value is -0.740. The number of hydrogen-bond donors (Lipinski definition) is 2. The van der Waals surface area contributed by atoms with Gasteiger partial charge in [0.25, 0.3) is 0 Å². The highest BCUT2D eigenvalue weighted by Crippen LogP contribution is 2.22. The Balaban J connectivity index is 2.45. The summed E-state index contributed by atoms with van der Waals surface area (Å²) in [5.41, 5.74) is 4.91. The molecule has 1 rings (SSSR count). The lowest BCUT2D eigenvalue weighted by molar-refractivity contribution is 0.800.